The van der Waals surface area contributed by atoms with Crippen molar-refractivity contribution in [3.63, 3.8) is 0 Å². The standard InChI is InChI=1S/C22H25ClN4/c1-2-8-18-16(13-24)19(15-11-6-7-12-17(15)23)20-21(26-27-22(20)25-18)14-9-4-3-5-10-14/h6-7,11-12,14,16,19H,2-5,8-10H2,1H3,(H,26,27). The summed E-state index contributed by atoms with van der Waals surface area (Å²) in [5, 5.41) is 18.7. The lowest BCUT2D eigenvalue weighted by Gasteiger charge is -2.31. The minimum absolute atomic E-state index is 0.103. The molecule has 5 heteroatoms. The molecule has 0 spiro atoms. The number of hydrogen-bond donors (Lipinski definition) is 1. The van der Waals surface area contributed by atoms with E-state index in [0.29, 0.717) is 10.9 Å². The lowest BCUT2D eigenvalue weighted by atomic mass is 9.73. The number of aromatic nitrogens is 2. The van der Waals surface area contributed by atoms with E-state index in [0.717, 1.165) is 35.5 Å². The Hall–Kier alpha value is -2.12. The predicted molar refractivity (Wildman–Crippen MR) is 109 cm³/mol. The zero-order valence-electron chi connectivity index (χ0n) is 15.7. The van der Waals surface area contributed by atoms with E-state index in [9.17, 15) is 5.26 Å². The number of H-pyrrole nitrogens is 1. The fourth-order valence-electron chi connectivity index (χ4n) is 4.69. The van der Waals surface area contributed by atoms with Crippen molar-refractivity contribution in [3.05, 3.63) is 46.1 Å². The van der Waals surface area contributed by atoms with Crippen LogP contribution in [0.5, 0.6) is 0 Å². The molecule has 1 aromatic carbocycles. The number of benzene rings is 1. The molecule has 27 heavy (non-hydrogen) atoms. The summed E-state index contributed by atoms with van der Waals surface area (Å²) in [7, 11) is 0. The van der Waals surface area contributed by atoms with E-state index in [-0.39, 0.29) is 11.8 Å². The van der Waals surface area contributed by atoms with E-state index in [1.54, 1.807) is 0 Å². The van der Waals surface area contributed by atoms with Crippen LogP contribution in [0.3, 0.4) is 0 Å². The number of hydrogen-bond acceptors (Lipinski definition) is 3. The quantitative estimate of drug-likeness (QED) is 0.679. The van der Waals surface area contributed by atoms with Crippen LogP contribution < -0.4 is 0 Å². The van der Waals surface area contributed by atoms with Gasteiger partial charge in [-0.15, -0.1) is 0 Å². The van der Waals surface area contributed by atoms with Crippen LogP contribution >= 0.6 is 11.6 Å². The maximum Gasteiger partial charge on any atom is 0.177 e. The Kier molecular flexibility index (Phi) is 5.31. The lowest BCUT2D eigenvalue weighted by Crippen LogP contribution is -2.26. The Morgan fingerprint density at radius 3 is 2.70 bits per heavy atom. The van der Waals surface area contributed by atoms with Gasteiger partial charge in [-0.05, 0) is 30.9 Å². The Bertz CT molecular complexity index is 886. The number of nitriles is 1. The van der Waals surface area contributed by atoms with Gasteiger partial charge in [-0.1, -0.05) is 62.4 Å². The summed E-state index contributed by atoms with van der Waals surface area (Å²) in [5.74, 6) is 0.836. The van der Waals surface area contributed by atoms with E-state index >= 15 is 0 Å². The fourth-order valence-corrected chi connectivity index (χ4v) is 4.95. The minimum atomic E-state index is -0.294. The van der Waals surface area contributed by atoms with Gasteiger partial charge in [0.25, 0.3) is 0 Å². The van der Waals surface area contributed by atoms with E-state index < -0.39 is 0 Å². The molecule has 1 aromatic heterocycles. The summed E-state index contributed by atoms with van der Waals surface area (Å²) < 4.78 is 0. The largest absolute Gasteiger partial charge is 0.280 e. The van der Waals surface area contributed by atoms with Gasteiger partial charge >= 0.3 is 0 Å². The number of aromatic amines is 1. The van der Waals surface area contributed by atoms with Crippen LogP contribution in [0.4, 0.5) is 5.82 Å². The van der Waals surface area contributed by atoms with Gasteiger partial charge < -0.3 is 0 Å². The Labute approximate surface area is 165 Å². The van der Waals surface area contributed by atoms with Crippen molar-refractivity contribution in [2.75, 3.05) is 0 Å². The van der Waals surface area contributed by atoms with E-state index in [1.165, 1.54) is 37.8 Å². The highest BCUT2D eigenvalue weighted by molar-refractivity contribution is 6.31. The van der Waals surface area contributed by atoms with Crippen molar-refractivity contribution in [3.8, 4) is 6.07 Å². The van der Waals surface area contributed by atoms with Gasteiger partial charge in [0.1, 0.15) is 0 Å². The zero-order chi connectivity index (χ0) is 18.8. The topological polar surface area (TPSA) is 64.8 Å². The van der Waals surface area contributed by atoms with Crippen molar-refractivity contribution in [1.82, 2.24) is 10.2 Å². The number of nitrogens with one attached hydrogen (secondary N) is 1. The van der Waals surface area contributed by atoms with Gasteiger partial charge in [0.05, 0.1) is 12.0 Å². The summed E-state index contributed by atoms with van der Waals surface area (Å²) in [4.78, 5) is 4.82. The molecule has 1 saturated carbocycles. The number of rotatable bonds is 4. The van der Waals surface area contributed by atoms with Gasteiger partial charge in [0.15, 0.2) is 5.82 Å². The molecular weight excluding hydrogens is 356 g/mol. The van der Waals surface area contributed by atoms with Crippen LogP contribution in [-0.4, -0.2) is 15.9 Å². The molecule has 140 valence electrons. The Morgan fingerprint density at radius 2 is 2.00 bits per heavy atom. The third-order valence-electron chi connectivity index (χ3n) is 5.97. The maximum atomic E-state index is 10.1. The molecule has 1 N–H and O–H groups in total. The molecule has 2 aliphatic rings. The molecule has 0 saturated heterocycles. The number of fused-ring (bicyclic) bond motifs is 1. The average molecular weight is 381 g/mol. The van der Waals surface area contributed by atoms with Gasteiger partial charge in [-0.3, -0.25) is 5.10 Å². The van der Waals surface area contributed by atoms with Crippen molar-refractivity contribution in [2.45, 2.75) is 63.7 Å². The van der Waals surface area contributed by atoms with Crippen molar-refractivity contribution in [1.29, 1.82) is 5.26 Å². The van der Waals surface area contributed by atoms with Crippen LogP contribution in [-0.2, 0) is 0 Å². The van der Waals surface area contributed by atoms with Crippen LogP contribution in [0.2, 0.25) is 5.02 Å². The molecule has 2 unspecified atom stereocenters. The molecule has 1 fully saturated rings. The van der Waals surface area contributed by atoms with Crippen molar-refractivity contribution in [2.24, 2.45) is 10.9 Å². The number of nitrogens with zero attached hydrogens (tertiary/aromatic N) is 3. The molecule has 2 heterocycles. The zero-order valence-corrected chi connectivity index (χ0v) is 16.5. The van der Waals surface area contributed by atoms with Crippen LogP contribution in [0.25, 0.3) is 0 Å². The van der Waals surface area contributed by atoms with Gasteiger partial charge in [-0.2, -0.15) is 10.4 Å². The monoisotopic (exact) mass is 380 g/mol. The predicted octanol–water partition coefficient (Wildman–Crippen LogP) is 6.27. The second-order valence-electron chi connectivity index (χ2n) is 7.67. The average Bonchev–Trinajstić information content (AvgIpc) is 3.12. The first-order valence-electron chi connectivity index (χ1n) is 10.0. The van der Waals surface area contributed by atoms with Crippen LogP contribution in [0, 0.1) is 17.2 Å². The summed E-state index contributed by atoms with van der Waals surface area (Å²) in [6.45, 7) is 2.12. The fraction of sp³-hybridized carbons (Fsp3) is 0.500. The Morgan fingerprint density at radius 1 is 1.22 bits per heavy atom. The second kappa shape index (κ2) is 7.86. The van der Waals surface area contributed by atoms with Gasteiger partial charge in [0, 0.05) is 33.8 Å². The van der Waals surface area contributed by atoms with Gasteiger partial charge in [0.2, 0.25) is 0 Å². The highest BCUT2D eigenvalue weighted by Gasteiger charge is 2.39. The maximum absolute atomic E-state index is 10.1. The Balaban J connectivity index is 1.89. The molecule has 0 bridgehead atoms. The summed E-state index contributed by atoms with van der Waals surface area (Å²) in [6.07, 6.45) is 7.92. The molecule has 0 radical (unpaired) electrons. The normalized spacial score (nSPS) is 22.8. The minimum Gasteiger partial charge on any atom is -0.280 e. The molecule has 2 atom stereocenters. The third-order valence-corrected chi connectivity index (χ3v) is 6.31. The van der Waals surface area contributed by atoms with Crippen LogP contribution in [0.1, 0.15) is 80.5 Å². The lowest BCUT2D eigenvalue weighted by molar-refractivity contribution is 0.432. The first-order chi connectivity index (χ1) is 13.2. The van der Waals surface area contributed by atoms with E-state index in [4.69, 9.17) is 16.6 Å². The van der Waals surface area contributed by atoms with E-state index in [1.807, 2.05) is 24.3 Å². The van der Waals surface area contributed by atoms with Crippen molar-refractivity contribution >= 4 is 23.1 Å². The molecule has 1 aliphatic heterocycles. The summed E-state index contributed by atoms with van der Waals surface area (Å²) >= 11 is 6.60. The first kappa shape index (κ1) is 18.3. The first-order valence-corrected chi connectivity index (χ1v) is 10.4. The molecule has 4 nitrogen and oxygen atoms in total. The summed E-state index contributed by atoms with van der Waals surface area (Å²) in [6, 6.07) is 10.4. The van der Waals surface area contributed by atoms with E-state index in [2.05, 4.69) is 23.2 Å². The molecular formula is C22H25ClN4. The van der Waals surface area contributed by atoms with Crippen LogP contribution in [0.15, 0.2) is 29.3 Å². The second-order valence-corrected chi connectivity index (χ2v) is 8.08. The molecule has 4 rings (SSSR count). The number of halogens is 1. The molecule has 1 aliphatic carbocycles. The highest BCUT2D eigenvalue weighted by Crippen LogP contribution is 2.48. The van der Waals surface area contributed by atoms with Gasteiger partial charge in [-0.25, -0.2) is 4.99 Å². The SMILES string of the molecule is CCCC1=Nc2n[nH]c(C3CCCCC3)c2C(c2ccccc2Cl)C1C#N. The molecule has 2 aromatic rings. The molecule has 0 amide bonds. The number of aliphatic imine (C=N–C) groups is 1. The van der Waals surface area contributed by atoms with Crippen molar-refractivity contribution < 1.29 is 0 Å². The highest BCUT2D eigenvalue weighted by atomic mass is 35.5. The third kappa shape index (κ3) is 3.30. The smallest absolute Gasteiger partial charge is 0.177 e. The summed E-state index contributed by atoms with van der Waals surface area (Å²) in [5.41, 5.74) is 4.21.